The molecule has 0 spiro atoms. The van der Waals surface area contributed by atoms with E-state index in [9.17, 15) is 18.0 Å². The van der Waals surface area contributed by atoms with Gasteiger partial charge in [-0.25, -0.2) is 4.98 Å². The van der Waals surface area contributed by atoms with Gasteiger partial charge in [0.15, 0.2) is 0 Å². The first kappa shape index (κ1) is 16.4. The zero-order chi connectivity index (χ0) is 16.5. The minimum Gasteiger partial charge on any atom is -0.480 e. The Kier molecular flexibility index (Phi) is 4.52. The molecule has 0 amide bonds. The quantitative estimate of drug-likeness (QED) is 0.903. The van der Waals surface area contributed by atoms with Crippen molar-refractivity contribution in [2.45, 2.75) is 25.6 Å². The second kappa shape index (κ2) is 6.05. The van der Waals surface area contributed by atoms with Gasteiger partial charge in [0, 0.05) is 16.9 Å². The maximum absolute atomic E-state index is 12.5. The Morgan fingerprint density at radius 2 is 1.95 bits per heavy atom. The lowest BCUT2D eigenvalue weighted by atomic mass is 10.1. The lowest BCUT2D eigenvalue weighted by Gasteiger charge is -2.06. The van der Waals surface area contributed by atoms with E-state index in [0.717, 1.165) is 12.1 Å². The molecule has 0 fully saturated rings. The molecular formula is C14H13F3N2O2S. The summed E-state index contributed by atoms with van der Waals surface area (Å²) < 4.78 is 37.6. The van der Waals surface area contributed by atoms with Crippen LogP contribution in [0.15, 0.2) is 24.3 Å². The third kappa shape index (κ3) is 3.63. The van der Waals surface area contributed by atoms with E-state index in [1.807, 2.05) is 0 Å². The molecule has 2 aromatic rings. The molecule has 1 aromatic heterocycles. The molecule has 0 aliphatic heterocycles. The predicted molar refractivity (Wildman–Crippen MR) is 76.6 cm³/mol. The van der Waals surface area contributed by atoms with Gasteiger partial charge >= 0.3 is 12.1 Å². The molecule has 118 valence electrons. The highest BCUT2D eigenvalue weighted by Crippen LogP contribution is 2.33. The summed E-state index contributed by atoms with van der Waals surface area (Å²) in [6.45, 7) is 1.72. The highest BCUT2D eigenvalue weighted by Gasteiger charge is 2.30. The average Bonchev–Trinajstić information content (AvgIpc) is 2.79. The lowest BCUT2D eigenvalue weighted by molar-refractivity contribution is -0.139. The molecule has 0 saturated heterocycles. The van der Waals surface area contributed by atoms with Crippen LogP contribution in [0.25, 0.3) is 10.6 Å². The molecule has 0 aliphatic rings. The van der Waals surface area contributed by atoms with Crippen LogP contribution in [0, 0.1) is 6.92 Å². The Bertz CT molecular complexity index is 680. The molecule has 8 heteroatoms. The summed E-state index contributed by atoms with van der Waals surface area (Å²) in [5.41, 5.74) is 5.95. The van der Waals surface area contributed by atoms with Gasteiger partial charge in [-0.05, 0) is 19.1 Å². The van der Waals surface area contributed by atoms with Gasteiger partial charge < -0.3 is 10.8 Å². The largest absolute Gasteiger partial charge is 0.480 e. The maximum atomic E-state index is 12.5. The van der Waals surface area contributed by atoms with Crippen LogP contribution in [0.5, 0.6) is 0 Å². The Balaban J connectivity index is 2.25. The minimum absolute atomic E-state index is 0.138. The predicted octanol–water partition coefficient (Wildman–Crippen LogP) is 3.09. The molecule has 2 rings (SSSR count). The van der Waals surface area contributed by atoms with Gasteiger partial charge in [0.25, 0.3) is 0 Å². The highest BCUT2D eigenvalue weighted by atomic mass is 32.1. The standard InChI is InChI=1S/C14H13F3N2O2S/c1-7-11(6-10(18)13(20)21)22-12(19-7)8-2-4-9(5-3-8)14(15,16)17/h2-5,10H,6,18H2,1H3,(H,20,21). The molecule has 0 radical (unpaired) electrons. The van der Waals surface area contributed by atoms with Crippen molar-refractivity contribution in [1.82, 2.24) is 4.98 Å². The smallest absolute Gasteiger partial charge is 0.416 e. The Labute approximate surface area is 128 Å². The maximum Gasteiger partial charge on any atom is 0.416 e. The highest BCUT2D eigenvalue weighted by molar-refractivity contribution is 7.15. The van der Waals surface area contributed by atoms with Gasteiger partial charge in [-0.15, -0.1) is 11.3 Å². The molecule has 4 nitrogen and oxygen atoms in total. The van der Waals surface area contributed by atoms with Crippen LogP contribution in [0.3, 0.4) is 0 Å². The first-order valence-electron chi connectivity index (χ1n) is 6.31. The molecule has 1 atom stereocenters. The first-order valence-corrected chi connectivity index (χ1v) is 7.12. The van der Waals surface area contributed by atoms with Crippen molar-refractivity contribution in [3.8, 4) is 10.6 Å². The van der Waals surface area contributed by atoms with Gasteiger partial charge in [-0.3, -0.25) is 4.79 Å². The van der Waals surface area contributed by atoms with E-state index >= 15 is 0 Å². The summed E-state index contributed by atoms with van der Waals surface area (Å²) >= 11 is 1.24. The molecular weight excluding hydrogens is 317 g/mol. The van der Waals surface area contributed by atoms with Crippen molar-refractivity contribution in [2.24, 2.45) is 5.73 Å². The number of hydrogen-bond donors (Lipinski definition) is 2. The number of nitrogens with two attached hydrogens (primary N) is 1. The van der Waals surface area contributed by atoms with E-state index in [0.29, 0.717) is 21.1 Å². The van der Waals surface area contributed by atoms with Gasteiger partial charge in [0.05, 0.1) is 11.3 Å². The molecule has 0 bridgehead atoms. The Hall–Kier alpha value is -1.93. The van der Waals surface area contributed by atoms with E-state index in [1.54, 1.807) is 6.92 Å². The number of aliphatic carboxylic acids is 1. The summed E-state index contributed by atoms with van der Waals surface area (Å²) in [4.78, 5) is 15.8. The van der Waals surface area contributed by atoms with Crippen molar-refractivity contribution < 1.29 is 23.1 Å². The molecule has 0 aliphatic carbocycles. The average molecular weight is 330 g/mol. The molecule has 1 aromatic carbocycles. The monoisotopic (exact) mass is 330 g/mol. The van der Waals surface area contributed by atoms with Crippen molar-refractivity contribution in [2.75, 3.05) is 0 Å². The SMILES string of the molecule is Cc1nc(-c2ccc(C(F)(F)F)cc2)sc1CC(N)C(=O)O. The van der Waals surface area contributed by atoms with Gasteiger partial charge in [0.2, 0.25) is 0 Å². The number of benzene rings is 1. The van der Waals surface area contributed by atoms with Crippen LogP contribution in [0.2, 0.25) is 0 Å². The van der Waals surface area contributed by atoms with E-state index in [1.165, 1.54) is 23.5 Å². The zero-order valence-electron chi connectivity index (χ0n) is 11.5. The number of carboxylic acid groups (broad SMARTS) is 1. The van der Waals surface area contributed by atoms with Crippen LogP contribution < -0.4 is 5.73 Å². The Morgan fingerprint density at radius 1 is 1.36 bits per heavy atom. The molecule has 3 N–H and O–H groups in total. The van der Waals surface area contributed by atoms with Crippen molar-refractivity contribution >= 4 is 17.3 Å². The number of aryl methyl sites for hydroxylation is 1. The van der Waals surface area contributed by atoms with Crippen molar-refractivity contribution in [3.63, 3.8) is 0 Å². The number of carboxylic acids is 1. The van der Waals surface area contributed by atoms with Gasteiger partial charge in [0.1, 0.15) is 11.0 Å². The zero-order valence-corrected chi connectivity index (χ0v) is 12.3. The second-order valence-corrected chi connectivity index (χ2v) is 5.84. The number of rotatable bonds is 4. The lowest BCUT2D eigenvalue weighted by Crippen LogP contribution is -2.32. The number of hydrogen-bond acceptors (Lipinski definition) is 4. The molecule has 0 saturated carbocycles. The fourth-order valence-corrected chi connectivity index (χ4v) is 2.96. The fraction of sp³-hybridized carbons (Fsp3) is 0.286. The van der Waals surface area contributed by atoms with Crippen LogP contribution >= 0.6 is 11.3 Å². The van der Waals surface area contributed by atoms with Gasteiger partial charge in [-0.1, -0.05) is 12.1 Å². The van der Waals surface area contributed by atoms with E-state index in [4.69, 9.17) is 10.8 Å². The summed E-state index contributed by atoms with van der Waals surface area (Å²) in [5.74, 6) is -1.11. The molecule has 22 heavy (non-hydrogen) atoms. The summed E-state index contributed by atoms with van der Waals surface area (Å²) in [6, 6.07) is 3.66. The number of halogens is 3. The Morgan fingerprint density at radius 3 is 2.45 bits per heavy atom. The summed E-state index contributed by atoms with van der Waals surface area (Å²) in [7, 11) is 0. The summed E-state index contributed by atoms with van der Waals surface area (Å²) in [5, 5.41) is 9.36. The number of thiazole rings is 1. The van der Waals surface area contributed by atoms with Crippen LogP contribution in [-0.2, 0) is 17.4 Å². The van der Waals surface area contributed by atoms with E-state index in [2.05, 4.69) is 4.98 Å². The number of nitrogens with zero attached hydrogens (tertiary/aromatic N) is 1. The number of carbonyl (C=O) groups is 1. The van der Waals surface area contributed by atoms with Crippen LogP contribution in [0.4, 0.5) is 13.2 Å². The molecule has 1 heterocycles. The normalized spacial score (nSPS) is 13.1. The van der Waals surface area contributed by atoms with E-state index < -0.39 is 23.8 Å². The minimum atomic E-state index is -4.38. The first-order chi connectivity index (χ1) is 10.2. The third-order valence-corrected chi connectivity index (χ3v) is 4.30. The number of alkyl halides is 3. The molecule has 1 unspecified atom stereocenters. The van der Waals surface area contributed by atoms with Crippen LogP contribution in [-0.4, -0.2) is 22.1 Å². The van der Waals surface area contributed by atoms with Gasteiger partial charge in [-0.2, -0.15) is 13.2 Å². The second-order valence-electron chi connectivity index (χ2n) is 4.75. The summed E-state index contributed by atoms with van der Waals surface area (Å²) in [6.07, 6.45) is -4.24. The van der Waals surface area contributed by atoms with Crippen molar-refractivity contribution in [1.29, 1.82) is 0 Å². The van der Waals surface area contributed by atoms with E-state index in [-0.39, 0.29) is 6.42 Å². The fourth-order valence-electron chi connectivity index (χ4n) is 1.83. The van der Waals surface area contributed by atoms with Crippen molar-refractivity contribution in [3.05, 3.63) is 40.4 Å². The topological polar surface area (TPSA) is 76.2 Å². The third-order valence-electron chi connectivity index (χ3n) is 3.07. The number of aromatic nitrogens is 1. The van der Waals surface area contributed by atoms with Crippen LogP contribution in [0.1, 0.15) is 16.1 Å².